The van der Waals surface area contributed by atoms with Crippen molar-refractivity contribution in [2.45, 2.75) is 114 Å². The molecule has 1 N–H and O–H groups in total. The van der Waals surface area contributed by atoms with Crippen LogP contribution in [0.25, 0.3) is 0 Å². The van der Waals surface area contributed by atoms with Gasteiger partial charge in [0, 0.05) is 31.8 Å². The summed E-state index contributed by atoms with van der Waals surface area (Å²) in [6.45, 7) is 7.81. The number of rotatable bonds is 4. The Hall–Kier alpha value is -2.13. The number of carbonyl (C=O) groups excluding carboxylic acids is 2. The summed E-state index contributed by atoms with van der Waals surface area (Å²) in [4.78, 5) is 30.9. The van der Waals surface area contributed by atoms with Gasteiger partial charge in [0.25, 0.3) is 0 Å². The number of amides is 2. The third-order valence-electron chi connectivity index (χ3n) is 8.51. The molecule has 0 bridgehead atoms. The molecular formula is C28H43N3O5S. The molecule has 1 aliphatic carbocycles. The zero-order valence-electron chi connectivity index (χ0n) is 22.9. The second-order valence-electron chi connectivity index (χ2n) is 11.5. The van der Waals surface area contributed by atoms with E-state index < -0.39 is 21.5 Å². The number of ether oxygens (including phenoxy) is 1. The van der Waals surface area contributed by atoms with Crippen molar-refractivity contribution in [3.8, 4) is 0 Å². The van der Waals surface area contributed by atoms with Crippen LogP contribution in [0.3, 0.4) is 0 Å². The molecule has 1 aromatic rings. The predicted molar refractivity (Wildman–Crippen MR) is 143 cm³/mol. The number of fused-ring (bicyclic) bond motifs is 1. The van der Waals surface area contributed by atoms with E-state index in [-0.39, 0.29) is 41.0 Å². The Morgan fingerprint density at radius 2 is 1.68 bits per heavy atom. The number of benzene rings is 1. The van der Waals surface area contributed by atoms with Crippen LogP contribution >= 0.6 is 0 Å². The van der Waals surface area contributed by atoms with E-state index in [4.69, 9.17) is 4.74 Å². The first kappa shape index (κ1) is 27.9. The van der Waals surface area contributed by atoms with E-state index in [0.717, 1.165) is 44.1 Å². The van der Waals surface area contributed by atoms with Gasteiger partial charge in [0.15, 0.2) is 9.84 Å². The van der Waals surface area contributed by atoms with Gasteiger partial charge >= 0.3 is 6.09 Å². The van der Waals surface area contributed by atoms with Crippen LogP contribution in [0.1, 0.15) is 90.7 Å². The molecule has 3 fully saturated rings. The molecule has 37 heavy (non-hydrogen) atoms. The molecule has 9 heteroatoms. The molecule has 0 radical (unpaired) electrons. The molecule has 0 aromatic heterocycles. The third kappa shape index (κ3) is 5.53. The fourth-order valence-electron chi connectivity index (χ4n) is 7.09. The van der Waals surface area contributed by atoms with E-state index in [0.29, 0.717) is 6.54 Å². The van der Waals surface area contributed by atoms with Gasteiger partial charge in [-0.3, -0.25) is 15.0 Å². The Bertz CT molecular complexity index is 1080. The number of piperazine rings is 1. The van der Waals surface area contributed by atoms with Crippen molar-refractivity contribution in [3.05, 3.63) is 29.8 Å². The van der Waals surface area contributed by atoms with Crippen LogP contribution < -0.4 is 5.32 Å². The standard InChI is InChI=1S/C28H43N3O5S/c1-19(2)36-27(33)30-18-20(3)31(21(4)32)28(23-10-8-6-7-9-11-23)17-16-25(29-26(28)30)22-12-14-24(15-13-22)37(5,34)35/h12-15,19-20,23,25-26,29H,6-11,16-18H2,1-5H3/t20-,25?,26?,28?/m0/s1. The summed E-state index contributed by atoms with van der Waals surface area (Å²) in [5, 5.41) is 3.78. The fourth-order valence-corrected chi connectivity index (χ4v) is 7.72. The Kier molecular flexibility index (Phi) is 8.24. The van der Waals surface area contributed by atoms with Crippen LogP contribution in [-0.4, -0.2) is 66.9 Å². The monoisotopic (exact) mass is 533 g/mol. The molecule has 3 aliphatic rings. The van der Waals surface area contributed by atoms with Crippen molar-refractivity contribution < 1.29 is 22.7 Å². The highest BCUT2D eigenvalue weighted by molar-refractivity contribution is 7.90. The van der Waals surface area contributed by atoms with Gasteiger partial charge in [0.05, 0.1) is 16.5 Å². The lowest BCUT2D eigenvalue weighted by Crippen LogP contribution is -2.80. The molecular weight excluding hydrogens is 490 g/mol. The minimum atomic E-state index is -3.29. The molecule has 8 nitrogen and oxygen atoms in total. The van der Waals surface area contributed by atoms with Crippen LogP contribution in [0.4, 0.5) is 4.79 Å². The number of hydrogen-bond donors (Lipinski definition) is 1. The summed E-state index contributed by atoms with van der Waals surface area (Å²) in [5.74, 6) is 0.332. The first-order valence-electron chi connectivity index (χ1n) is 13.8. The van der Waals surface area contributed by atoms with Gasteiger partial charge in [0.1, 0.15) is 6.17 Å². The Morgan fingerprint density at radius 3 is 2.22 bits per heavy atom. The molecule has 1 saturated carbocycles. The lowest BCUT2D eigenvalue weighted by atomic mass is 9.67. The Morgan fingerprint density at radius 1 is 1.05 bits per heavy atom. The molecule has 4 rings (SSSR count). The Labute approximate surface area is 222 Å². The van der Waals surface area contributed by atoms with Crippen LogP contribution in [0.15, 0.2) is 29.2 Å². The van der Waals surface area contributed by atoms with Gasteiger partial charge < -0.3 is 9.64 Å². The molecule has 1 aromatic carbocycles. The lowest BCUT2D eigenvalue weighted by molar-refractivity contribution is -0.170. The number of carbonyl (C=O) groups is 2. The summed E-state index contributed by atoms with van der Waals surface area (Å²) in [7, 11) is -3.29. The van der Waals surface area contributed by atoms with Crippen molar-refractivity contribution in [1.29, 1.82) is 0 Å². The highest BCUT2D eigenvalue weighted by Crippen LogP contribution is 2.49. The second kappa shape index (κ2) is 10.9. The average Bonchev–Trinajstić information content (AvgIpc) is 3.12. The maximum absolute atomic E-state index is 13.5. The molecule has 0 spiro atoms. The van der Waals surface area contributed by atoms with Crippen LogP contribution in [0, 0.1) is 5.92 Å². The predicted octanol–water partition coefficient (Wildman–Crippen LogP) is 4.65. The van der Waals surface area contributed by atoms with E-state index in [1.807, 2.05) is 37.8 Å². The van der Waals surface area contributed by atoms with E-state index in [2.05, 4.69) is 10.2 Å². The number of nitrogens with zero attached hydrogens (tertiary/aromatic N) is 2. The van der Waals surface area contributed by atoms with Gasteiger partial charge in [-0.2, -0.15) is 0 Å². The molecule has 4 atom stereocenters. The largest absolute Gasteiger partial charge is 0.447 e. The van der Waals surface area contributed by atoms with Gasteiger partial charge in [0.2, 0.25) is 5.91 Å². The van der Waals surface area contributed by atoms with Crippen molar-refractivity contribution >= 4 is 21.8 Å². The zero-order chi connectivity index (χ0) is 27.0. The van der Waals surface area contributed by atoms with Gasteiger partial charge in [-0.05, 0) is 70.1 Å². The topological polar surface area (TPSA) is 96.0 Å². The molecule has 2 amide bonds. The second-order valence-corrected chi connectivity index (χ2v) is 13.5. The first-order chi connectivity index (χ1) is 17.4. The smallest absolute Gasteiger partial charge is 0.411 e. The number of nitrogens with one attached hydrogen (secondary N) is 1. The molecule has 2 aliphatic heterocycles. The van der Waals surface area contributed by atoms with Crippen molar-refractivity contribution in [2.24, 2.45) is 5.92 Å². The maximum atomic E-state index is 13.5. The molecule has 2 heterocycles. The SMILES string of the molecule is CC(=O)N1[C@@H](C)CN(C(=O)OC(C)C)C2NC(c3ccc(S(C)(=O)=O)cc3)CCC21C1CCCCCC1. The lowest BCUT2D eigenvalue weighted by Gasteiger charge is -2.64. The number of piperidine rings is 1. The summed E-state index contributed by atoms with van der Waals surface area (Å²) < 4.78 is 29.7. The number of hydrogen-bond acceptors (Lipinski definition) is 6. The van der Waals surface area contributed by atoms with Gasteiger partial charge in [-0.25, -0.2) is 13.2 Å². The maximum Gasteiger partial charge on any atom is 0.411 e. The van der Waals surface area contributed by atoms with Crippen LogP contribution in [-0.2, 0) is 19.4 Å². The van der Waals surface area contributed by atoms with Gasteiger partial charge in [-0.1, -0.05) is 37.8 Å². The summed E-state index contributed by atoms with van der Waals surface area (Å²) in [6.07, 6.45) is 8.51. The molecule has 2 saturated heterocycles. The summed E-state index contributed by atoms with van der Waals surface area (Å²) in [6, 6.07) is 6.82. The molecule has 3 unspecified atom stereocenters. The fraction of sp³-hybridized carbons (Fsp3) is 0.714. The Balaban J connectivity index is 1.77. The van der Waals surface area contributed by atoms with E-state index >= 15 is 0 Å². The van der Waals surface area contributed by atoms with Crippen LogP contribution in [0.2, 0.25) is 0 Å². The van der Waals surface area contributed by atoms with Gasteiger partial charge in [-0.15, -0.1) is 0 Å². The quantitative estimate of drug-likeness (QED) is 0.566. The van der Waals surface area contributed by atoms with Crippen LogP contribution in [0.5, 0.6) is 0 Å². The summed E-state index contributed by atoms with van der Waals surface area (Å²) >= 11 is 0. The third-order valence-corrected chi connectivity index (χ3v) is 9.64. The van der Waals surface area contributed by atoms with Crippen molar-refractivity contribution in [2.75, 3.05) is 12.8 Å². The normalized spacial score (nSPS) is 29.5. The van der Waals surface area contributed by atoms with E-state index in [1.54, 1.807) is 19.1 Å². The summed E-state index contributed by atoms with van der Waals surface area (Å²) in [5.41, 5.74) is 0.458. The minimum absolute atomic E-state index is 0.0522. The van der Waals surface area contributed by atoms with E-state index in [1.165, 1.54) is 19.1 Å². The highest BCUT2D eigenvalue weighted by atomic mass is 32.2. The number of sulfone groups is 1. The minimum Gasteiger partial charge on any atom is -0.447 e. The zero-order valence-corrected chi connectivity index (χ0v) is 23.7. The van der Waals surface area contributed by atoms with Crippen molar-refractivity contribution in [1.82, 2.24) is 15.1 Å². The van der Waals surface area contributed by atoms with Crippen molar-refractivity contribution in [3.63, 3.8) is 0 Å². The highest BCUT2D eigenvalue weighted by Gasteiger charge is 2.60. The average molecular weight is 534 g/mol. The first-order valence-corrected chi connectivity index (χ1v) is 15.7. The van der Waals surface area contributed by atoms with E-state index in [9.17, 15) is 18.0 Å². The molecule has 206 valence electrons.